The fraction of sp³-hybridized carbons (Fsp3) is 0.917. The standard InChI is InChI=1S/C12H23NO2/c1-3-4-5-7-13(2)9-12(10-14)6-8-15-11-12/h10H,3-9,11H2,1-2H3. The molecule has 0 aromatic carbocycles. The first-order valence-electron chi connectivity index (χ1n) is 5.95. The van der Waals surface area contributed by atoms with Crippen LogP contribution in [0, 0.1) is 5.41 Å². The Morgan fingerprint density at radius 1 is 1.47 bits per heavy atom. The second-order valence-electron chi connectivity index (χ2n) is 4.73. The number of carbonyl (C=O) groups is 1. The van der Waals surface area contributed by atoms with Crippen LogP contribution < -0.4 is 0 Å². The van der Waals surface area contributed by atoms with E-state index >= 15 is 0 Å². The highest BCUT2D eigenvalue weighted by atomic mass is 16.5. The largest absolute Gasteiger partial charge is 0.380 e. The van der Waals surface area contributed by atoms with Crippen LogP contribution in [0.1, 0.15) is 32.6 Å². The first kappa shape index (κ1) is 12.7. The molecule has 0 spiro atoms. The zero-order valence-electron chi connectivity index (χ0n) is 10.00. The van der Waals surface area contributed by atoms with Gasteiger partial charge in [0, 0.05) is 13.2 Å². The van der Waals surface area contributed by atoms with Gasteiger partial charge in [0.15, 0.2) is 0 Å². The summed E-state index contributed by atoms with van der Waals surface area (Å²) in [5.74, 6) is 0. The molecule has 0 N–H and O–H groups in total. The molecule has 0 aromatic rings. The number of ether oxygens (including phenoxy) is 1. The lowest BCUT2D eigenvalue weighted by Gasteiger charge is -2.27. The van der Waals surface area contributed by atoms with Crippen molar-refractivity contribution in [3.05, 3.63) is 0 Å². The molecule has 1 saturated heterocycles. The molecule has 15 heavy (non-hydrogen) atoms. The molecule has 1 unspecified atom stereocenters. The van der Waals surface area contributed by atoms with Gasteiger partial charge in [0.25, 0.3) is 0 Å². The SMILES string of the molecule is CCCCCN(C)CC1(C=O)CCOC1. The van der Waals surface area contributed by atoms with Crippen molar-refractivity contribution in [2.75, 3.05) is 33.4 Å². The summed E-state index contributed by atoms with van der Waals surface area (Å²) in [5, 5.41) is 0. The van der Waals surface area contributed by atoms with E-state index in [-0.39, 0.29) is 5.41 Å². The Labute approximate surface area is 92.8 Å². The van der Waals surface area contributed by atoms with Crippen molar-refractivity contribution in [2.45, 2.75) is 32.6 Å². The zero-order chi connectivity index (χ0) is 11.1. The normalized spacial score (nSPS) is 26.1. The lowest BCUT2D eigenvalue weighted by Crippen LogP contribution is -2.37. The van der Waals surface area contributed by atoms with E-state index in [0.717, 1.165) is 32.4 Å². The zero-order valence-corrected chi connectivity index (χ0v) is 10.00. The Morgan fingerprint density at radius 3 is 2.80 bits per heavy atom. The molecule has 0 aromatic heterocycles. The van der Waals surface area contributed by atoms with Crippen molar-refractivity contribution in [1.82, 2.24) is 4.90 Å². The summed E-state index contributed by atoms with van der Waals surface area (Å²) in [6, 6.07) is 0. The maximum absolute atomic E-state index is 11.1. The topological polar surface area (TPSA) is 29.5 Å². The van der Waals surface area contributed by atoms with Crippen LogP contribution in [0.5, 0.6) is 0 Å². The molecule has 1 aliphatic rings. The number of carbonyl (C=O) groups excluding carboxylic acids is 1. The lowest BCUT2D eigenvalue weighted by atomic mass is 9.88. The van der Waals surface area contributed by atoms with Crippen LogP contribution in [0.25, 0.3) is 0 Å². The summed E-state index contributed by atoms with van der Waals surface area (Å²) < 4.78 is 5.32. The highest BCUT2D eigenvalue weighted by Gasteiger charge is 2.35. The minimum absolute atomic E-state index is 0.221. The minimum Gasteiger partial charge on any atom is -0.380 e. The molecule has 3 heteroatoms. The molecule has 3 nitrogen and oxygen atoms in total. The van der Waals surface area contributed by atoms with Gasteiger partial charge in [-0.05, 0) is 26.4 Å². The molecule has 0 radical (unpaired) electrons. The monoisotopic (exact) mass is 213 g/mol. The van der Waals surface area contributed by atoms with Gasteiger partial charge in [-0.2, -0.15) is 0 Å². The summed E-state index contributed by atoms with van der Waals surface area (Å²) in [5.41, 5.74) is -0.221. The van der Waals surface area contributed by atoms with Gasteiger partial charge >= 0.3 is 0 Å². The number of aldehydes is 1. The van der Waals surface area contributed by atoms with E-state index in [1.165, 1.54) is 19.3 Å². The Kier molecular flexibility index (Phi) is 5.26. The maximum atomic E-state index is 11.1. The maximum Gasteiger partial charge on any atom is 0.129 e. The minimum atomic E-state index is -0.221. The van der Waals surface area contributed by atoms with E-state index in [0.29, 0.717) is 6.61 Å². The highest BCUT2D eigenvalue weighted by molar-refractivity contribution is 5.60. The van der Waals surface area contributed by atoms with Gasteiger partial charge in [0.1, 0.15) is 6.29 Å². The van der Waals surface area contributed by atoms with Crippen LogP contribution in [0.3, 0.4) is 0 Å². The van der Waals surface area contributed by atoms with Crippen LogP contribution >= 0.6 is 0 Å². The Hall–Kier alpha value is -0.410. The second-order valence-corrected chi connectivity index (χ2v) is 4.73. The summed E-state index contributed by atoms with van der Waals surface area (Å²) >= 11 is 0. The summed E-state index contributed by atoms with van der Waals surface area (Å²) in [7, 11) is 2.10. The molecule has 1 aliphatic heterocycles. The third-order valence-electron chi connectivity index (χ3n) is 3.11. The van der Waals surface area contributed by atoms with Gasteiger partial charge < -0.3 is 14.4 Å². The van der Waals surface area contributed by atoms with Gasteiger partial charge in [-0.1, -0.05) is 19.8 Å². The van der Waals surface area contributed by atoms with Crippen molar-refractivity contribution in [1.29, 1.82) is 0 Å². The van der Waals surface area contributed by atoms with Crippen LogP contribution in [0.2, 0.25) is 0 Å². The fourth-order valence-electron chi connectivity index (χ4n) is 2.13. The predicted octanol–water partition coefficient (Wildman–Crippen LogP) is 1.71. The molecule has 0 aliphatic carbocycles. The van der Waals surface area contributed by atoms with Crippen molar-refractivity contribution >= 4 is 6.29 Å². The van der Waals surface area contributed by atoms with Gasteiger partial charge in [-0.15, -0.1) is 0 Å². The van der Waals surface area contributed by atoms with E-state index in [9.17, 15) is 4.79 Å². The van der Waals surface area contributed by atoms with E-state index in [4.69, 9.17) is 4.74 Å². The first-order valence-corrected chi connectivity index (χ1v) is 5.95. The number of nitrogens with zero attached hydrogens (tertiary/aromatic N) is 1. The summed E-state index contributed by atoms with van der Waals surface area (Å²) in [6.45, 7) is 5.48. The van der Waals surface area contributed by atoms with Crippen molar-refractivity contribution in [3.8, 4) is 0 Å². The number of hydrogen-bond donors (Lipinski definition) is 0. The van der Waals surface area contributed by atoms with E-state index < -0.39 is 0 Å². The van der Waals surface area contributed by atoms with E-state index in [1.54, 1.807) is 0 Å². The van der Waals surface area contributed by atoms with Crippen molar-refractivity contribution < 1.29 is 9.53 Å². The molecule has 1 heterocycles. The Morgan fingerprint density at radius 2 is 2.27 bits per heavy atom. The van der Waals surface area contributed by atoms with Gasteiger partial charge in [0.05, 0.1) is 12.0 Å². The Balaban J connectivity index is 2.28. The molecule has 0 saturated carbocycles. The number of rotatable bonds is 7. The summed E-state index contributed by atoms with van der Waals surface area (Å²) in [4.78, 5) is 13.4. The molecule has 0 amide bonds. The second kappa shape index (κ2) is 6.23. The summed E-state index contributed by atoms with van der Waals surface area (Å²) in [6.07, 6.45) is 5.72. The molecular weight excluding hydrogens is 190 g/mol. The molecule has 1 rings (SSSR count). The van der Waals surface area contributed by atoms with Crippen LogP contribution in [0.15, 0.2) is 0 Å². The molecular formula is C12H23NO2. The Bertz CT molecular complexity index is 188. The molecule has 1 fully saturated rings. The third kappa shape index (κ3) is 3.92. The fourth-order valence-corrected chi connectivity index (χ4v) is 2.13. The smallest absolute Gasteiger partial charge is 0.129 e. The van der Waals surface area contributed by atoms with Crippen molar-refractivity contribution in [3.63, 3.8) is 0 Å². The third-order valence-corrected chi connectivity index (χ3v) is 3.11. The van der Waals surface area contributed by atoms with Gasteiger partial charge in [-0.25, -0.2) is 0 Å². The van der Waals surface area contributed by atoms with Crippen LogP contribution in [-0.4, -0.2) is 44.5 Å². The average Bonchev–Trinajstić information content (AvgIpc) is 2.67. The van der Waals surface area contributed by atoms with Gasteiger partial charge in [-0.3, -0.25) is 0 Å². The van der Waals surface area contributed by atoms with Crippen LogP contribution in [-0.2, 0) is 9.53 Å². The highest BCUT2D eigenvalue weighted by Crippen LogP contribution is 2.26. The number of unbranched alkanes of at least 4 members (excludes halogenated alkanes) is 2. The van der Waals surface area contributed by atoms with Crippen LogP contribution in [0.4, 0.5) is 0 Å². The number of hydrogen-bond acceptors (Lipinski definition) is 3. The predicted molar refractivity (Wildman–Crippen MR) is 61.0 cm³/mol. The molecule has 1 atom stereocenters. The van der Waals surface area contributed by atoms with Crippen molar-refractivity contribution in [2.24, 2.45) is 5.41 Å². The lowest BCUT2D eigenvalue weighted by molar-refractivity contribution is -0.117. The molecule has 88 valence electrons. The van der Waals surface area contributed by atoms with E-state index in [2.05, 4.69) is 18.9 Å². The molecule has 0 bridgehead atoms. The van der Waals surface area contributed by atoms with E-state index in [1.807, 2.05) is 0 Å². The quantitative estimate of drug-likeness (QED) is 0.476. The first-order chi connectivity index (χ1) is 7.22. The average molecular weight is 213 g/mol. The van der Waals surface area contributed by atoms with Gasteiger partial charge in [0.2, 0.25) is 0 Å².